The van der Waals surface area contributed by atoms with Crippen molar-refractivity contribution in [1.29, 1.82) is 0 Å². The minimum absolute atomic E-state index is 0.309. The topological polar surface area (TPSA) is 68.0 Å². The molecule has 1 heterocycles. The van der Waals surface area contributed by atoms with E-state index in [2.05, 4.69) is 17.0 Å². The van der Waals surface area contributed by atoms with Crippen molar-refractivity contribution in [3.05, 3.63) is 34.6 Å². The summed E-state index contributed by atoms with van der Waals surface area (Å²) in [7, 11) is 1.80. The Labute approximate surface area is 118 Å². The fourth-order valence-electron chi connectivity index (χ4n) is 2.36. The second kappa shape index (κ2) is 5.45. The first-order chi connectivity index (χ1) is 9.45. The summed E-state index contributed by atoms with van der Waals surface area (Å²) in [6, 6.07) is 3.75. The summed E-state index contributed by atoms with van der Waals surface area (Å²) < 4.78 is 1.67. The lowest BCUT2D eigenvalue weighted by atomic mass is 9.96. The third-order valence-corrected chi connectivity index (χ3v) is 3.34. The van der Waals surface area contributed by atoms with Gasteiger partial charge >= 0.3 is 5.97 Å². The van der Waals surface area contributed by atoms with Crippen molar-refractivity contribution >= 4 is 5.97 Å². The summed E-state index contributed by atoms with van der Waals surface area (Å²) in [5.74, 6) is 0.440. The van der Waals surface area contributed by atoms with Gasteiger partial charge in [0.05, 0.1) is 5.56 Å². The van der Waals surface area contributed by atoms with Crippen LogP contribution in [0, 0.1) is 13.8 Å². The van der Waals surface area contributed by atoms with Crippen molar-refractivity contribution in [3.63, 3.8) is 0 Å². The maximum Gasteiger partial charge on any atom is 0.336 e. The van der Waals surface area contributed by atoms with E-state index in [9.17, 15) is 9.90 Å². The zero-order chi connectivity index (χ0) is 14.9. The molecular weight excluding hydrogens is 254 g/mol. The molecule has 2 rings (SSSR count). The maximum absolute atomic E-state index is 11.6. The van der Waals surface area contributed by atoms with Crippen LogP contribution in [0.5, 0.6) is 0 Å². The summed E-state index contributed by atoms with van der Waals surface area (Å²) in [5.41, 5.74) is 2.60. The highest BCUT2D eigenvalue weighted by Gasteiger charge is 2.21. The predicted octanol–water partition coefficient (Wildman–Crippen LogP) is 2.75. The molecule has 0 unspecified atom stereocenters. The molecule has 0 fully saturated rings. The van der Waals surface area contributed by atoms with Gasteiger partial charge in [-0.2, -0.15) is 5.10 Å². The van der Waals surface area contributed by atoms with Gasteiger partial charge in [0, 0.05) is 19.0 Å². The Balaban J connectivity index is 2.68. The van der Waals surface area contributed by atoms with E-state index in [0.717, 1.165) is 29.8 Å². The van der Waals surface area contributed by atoms with Gasteiger partial charge in [0.25, 0.3) is 0 Å². The molecule has 0 atom stereocenters. The number of carboxylic acid groups (broad SMARTS) is 1. The third kappa shape index (κ3) is 2.43. The molecule has 2 aromatic rings. The molecule has 20 heavy (non-hydrogen) atoms. The van der Waals surface area contributed by atoms with E-state index in [-0.39, 0.29) is 0 Å². The molecule has 5 heteroatoms. The minimum Gasteiger partial charge on any atom is -0.478 e. The van der Waals surface area contributed by atoms with E-state index in [1.807, 2.05) is 19.1 Å². The summed E-state index contributed by atoms with van der Waals surface area (Å²) in [6.45, 7) is 5.77. The molecule has 0 bridgehead atoms. The van der Waals surface area contributed by atoms with Gasteiger partial charge in [-0.3, -0.25) is 0 Å². The van der Waals surface area contributed by atoms with Crippen molar-refractivity contribution in [2.75, 3.05) is 0 Å². The number of aromatic nitrogens is 3. The SMILES string of the molecule is CCCc1nc(-c2c(C)ccc(C)c2C(=O)O)n(C)n1. The zero-order valence-corrected chi connectivity index (χ0v) is 12.3. The molecule has 0 radical (unpaired) electrons. The highest BCUT2D eigenvalue weighted by molar-refractivity contribution is 5.97. The van der Waals surface area contributed by atoms with Gasteiger partial charge in [0.15, 0.2) is 11.6 Å². The third-order valence-electron chi connectivity index (χ3n) is 3.34. The van der Waals surface area contributed by atoms with Gasteiger partial charge in [-0.05, 0) is 31.4 Å². The van der Waals surface area contributed by atoms with E-state index in [0.29, 0.717) is 17.0 Å². The second-order valence-corrected chi connectivity index (χ2v) is 4.98. The largest absolute Gasteiger partial charge is 0.478 e. The molecule has 1 N–H and O–H groups in total. The van der Waals surface area contributed by atoms with Crippen molar-refractivity contribution in [1.82, 2.24) is 14.8 Å². The summed E-state index contributed by atoms with van der Waals surface area (Å²) >= 11 is 0. The molecular formula is C15H19N3O2. The van der Waals surface area contributed by atoms with E-state index in [1.165, 1.54) is 0 Å². The molecule has 0 spiro atoms. The van der Waals surface area contributed by atoms with Gasteiger partial charge in [-0.1, -0.05) is 19.1 Å². The van der Waals surface area contributed by atoms with Gasteiger partial charge in [0.2, 0.25) is 0 Å². The number of aryl methyl sites for hydroxylation is 4. The molecule has 0 aliphatic heterocycles. The number of nitrogens with zero attached hydrogens (tertiary/aromatic N) is 3. The normalized spacial score (nSPS) is 10.8. The van der Waals surface area contributed by atoms with Crippen LogP contribution in [0.4, 0.5) is 0 Å². The summed E-state index contributed by atoms with van der Waals surface area (Å²) in [5, 5.41) is 13.8. The number of aromatic carboxylic acids is 1. The number of carboxylic acids is 1. The van der Waals surface area contributed by atoms with Crippen LogP contribution in [-0.4, -0.2) is 25.8 Å². The Kier molecular flexibility index (Phi) is 3.88. The molecule has 0 aliphatic rings. The smallest absolute Gasteiger partial charge is 0.336 e. The lowest BCUT2D eigenvalue weighted by molar-refractivity contribution is 0.0697. The van der Waals surface area contributed by atoms with Crippen LogP contribution >= 0.6 is 0 Å². The lowest BCUT2D eigenvalue weighted by Crippen LogP contribution is -2.07. The minimum atomic E-state index is -0.929. The second-order valence-electron chi connectivity index (χ2n) is 4.98. The number of hydrogen-bond acceptors (Lipinski definition) is 3. The lowest BCUT2D eigenvalue weighted by Gasteiger charge is -2.11. The van der Waals surface area contributed by atoms with Crippen molar-refractivity contribution < 1.29 is 9.90 Å². The molecule has 106 valence electrons. The Morgan fingerprint density at radius 2 is 1.95 bits per heavy atom. The molecule has 0 amide bonds. The van der Waals surface area contributed by atoms with Crippen LogP contribution in [0.25, 0.3) is 11.4 Å². The fraction of sp³-hybridized carbons (Fsp3) is 0.400. The maximum atomic E-state index is 11.6. The van der Waals surface area contributed by atoms with Gasteiger partial charge in [-0.15, -0.1) is 0 Å². The summed E-state index contributed by atoms with van der Waals surface area (Å²) in [4.78, 5) is 16.1. The van der Waals surface area contributed by atoms with Gasteiger partial charge in [0.1, 0.15) is 0 Å². The standard InChI is InChI=1S/C15H19N3O2/c1-5-6-11-16-14(18(4)17-11)12-9(2)7-8-10(3)13(12)15(19)20/h7-8H,5-6H2,1-4H3,(H,19,20). The first-order valence-corrected chi connectivity index (χ1v) is 6.69. The molecule has 0 saturated heterocycles. The first-order valence-electron chi connectivity index (χ1n) is 6.69. The average Bonchev–Trinajstić information content (AvgIpc) is 2.72. The number of benzene rings is 1. The average molecular weight is 273 g/mol. The zero-order valence-electron chi connectivity index (χ0n) is 12.3. The van der Waals surface area contributed by atoms with E-state index in [1.54, 1.807) is 18.7 Å². The summed E-state index contributed by atoms with van der Waals surface area (Å²) in [6.07, 6.45) is 1.75. The molecule has 0 saturated carbocycles. The highest BCUT2D eigenvalue weighted by Crippen LogP contribution is 2.28. The first kappa shape index (κ1) is 14.2. The Morgan fingerprint density at radius 3 is 2.55 bits per heavy atom. The van der Waals surface area contributed by atoms with Crippen LogP contribution in [0.2, 0.25) is 0 Å². The molecule has 1 aromatic carbocycles. The van der Waals surface area contributed by atoms with Crippen LogP contribution in [0.3, 0.4) is 0 Å². The van der Waals surface area contributed by atoms with Gasteiger partial charge < -0.3 is 5.11 Å². The van der Waals surface area contributed by atoms with Crippen LogP contribution in [0.15, 0.2) is 12.1 Å². The number of hydrogen-bond donors (Lipinski definition) is 1. The number of rotatable bonds is 4. The Morgan fingerprint density at radius 1 is 1.30 bits per heavy atom. The monoisotopic (exact) mass is 273 g/mol. The molecule has 0 aliphatic carbocycles. The van der Waals surface area contributed by atoms with Crippen LogP contribution in [0.1, 0.15) is 40.7 Å². The molecule has 1 aromatic heterocycles. The Bertz CT molecular complexity index is 659. The van der Waals surface area contributed by atoms with Crippen LogP contribution in [-0.2, 0) is 13.5 Å². The molecule has 5 nitrogen and oxygen atoms in total. The fourth-order valence-corrected chi connectivity index (χ4v) is 2.36. The van der Waals surface area contributed by atoms with E-state index in [4.69, 9.17) is 0 Å². The number of carbonyl (C=O) groups is 1. The van der Waals surface area contributed by atoms with Gasteiger partial charge in [-0.25, -0.2) is 14.5 Å². The predicted molar refractivity (Wildman–Crippen MR) is 76.9 cm³/mol. The quantitative estimate of drug-likeness (QED) is 0.930. The van der Waals surface area contributed by atoms with Crippen molar-refractivity contribution in [2.24, 2.45) is 7.05 Å². The van der Waals surface area contributed by atoms with Crippen LogP contribution < -0.4 is 0 Å². The van der Waals surface area contributed by atoms with E-state index < -0.39 is 5.97 Å². The highest BCUT2D eigenvalue weighted by atomic mass is 16.4. The Hall–Kier alpha value is -2.17. The van der Waals surface area contributed by atoms with E-state index >= 15 is 0 Å². The van der Waals surface area contributed by atoms with Crippen molar-refractivity contribution in [2.45, 2.75) is 33.6 Å². The van der Waals surface area contributed by atoms with Crippen molar-refractivity contribution in [3.8, 4) is 11.4 Å².